The highest BCUT2D eigenvalue weighted by molar-refractivity contribution is 5.68. The van der Waals surface area contributed by atoms with Crippen LogP contribution in [0.5, 0.6) is 5.88 Å². The average Bonchev–Trinajstić information content (AvgIpc) is 2.82. The first-order valence-corrected chi connectivity index (χ1v) is 10.4. The molecule has 0 aliphatic rings. The number of hydrogen-bond donors (Lipinski definition) is 1. The number of nitrogens with zero attached hydrogens (tertiary/aromatic N) is 2. The van der Waals surface area contributed by atoms with Crippen molar-refractivity contribution in [2.45, 2.75) is 32.3 Å². The van der Waals surface area contributed by atoms with E-state index >= 15 is 0 Å². The van der Waals surface area contributed by atoms with E-state index in [9.17, 15) is 5.26 Å². The van der Waals surface area contributed by atoms with Gasteiger partial charge in [0.05, 0.1) is 25.2 Å². The van der Waals surface area contributed by atoms with Crippen molar-refractivity contribution in [2.24, 2.45) is 0 Å². The maximum absolute atomic E-state index is 9.23. The molecular formula is C26H29N3O2. The van der Waals surface area contributed by atoms with Crippen molar-refractivity contribution in [3.8, 4) is 23.1 Å². The van der Waals surface area contributed by atoms with E-state index in [1.165, 1.54) is 0 Å². The fraction of sp³-hybridized carbons (Fsp3) is 0.308. The smallest absolute Gasteiger partial charge is 0.213 e. The molecule has 0 saturated carbocycles. The minimum atomic E-state index is -0.466. The zero-order valence-electron chi connectivity index (χ0n) is 18.4. The Morgan fingerprint density at radius 3 is 2.55 bits per heavy atom. The van der Waals surface area contributed by atoms with Gasteiger partial charge < -0.3 is 14.8 Å². The number of ether oxygens (including phenoxy) is 2. The van der Waals surface area contributed by atoms with Gasteiger partial charge in [0.25, 0.3) is 0 Å². The Labute approximate surface area is 184 Å². The van der Waals surface area contributed by atoms with Gasteiger partial charge in [-0.05, 0) is 60.7 Å². The van der Waals surface area contributed by atoms with Crippen LogP contribution in [-0.4, -0.2) is 25.2 Å². The molecule has 0 aliphatic heterocycles. The van der Waals surface area contributed by atoms with Crippen LogP contribution in [0, 0.1) is 11.3 Å². The largest absolute Gasteiger partial charge is 0.481 e. The molecule has 1 aromatic heterocycles. The molecule has 2 aromatic carbocycles. The first kappa shape index (κ1) is 22.3. The summed E-state index contributed by atoms with van der Waals surface area (Å²) in [6, 6.07) is 22.6. The number of hydrogen-bond acceptors (Lipinski definition) is 5. The molecule has 0 unspecified atom stereocenters. The molecule has 31 heavy (non-hydrogen) atoms. The van der Waals surface area contributed by atoms with Crippen LogP contribution >= 0.6 is 0 Å². The fourth-order valence-corrected chi connectivity index (χ4v) is 3.19. The lowest BCUT2D eigenvalue weighted by atomic mass is 9.86. The van der Waals surface area contributed by atoms with Crippen LogP contribution in [0.25, 0.3) is 11.1 Å². The van der Waals surface area contributed by atoms with E-state index < -0.39 is 5.41 Å². The second-order valence-electron chi connectivity index (χ2n) is 7.93. The normalized spacial score (nSPS) is 11.0. The number of nitrogens with one attached hydrogen (secondary N) is 1. The van der Waals surface area contributed by atoms with Crippen molar-refractivity contribution in [1.82, 2.24) is 4.98 Å². The summed E-state index contributed by atoms with van der Waals surface area (Å²) < 4.78 is 11.0. The molecule has 3 aromatic rings. The zero-order chi connectivity index (χ0) is 22.1. The highest BCUT2D eigenvalue weighted by Crippen LogP contribution is 2.25. The van der Waals surface area contributed by atoms with Crippen LogP contribution in [0.2, 0.25) is 0 Å². The quantitative estimate of drug-likeness (QED) is 0.438. The summed E-state index contributed by atoms with van der Waals surface area (Å²) in [5.74, 6) is 0.608. The van der Waals surface area contributed by atoms with Crippen molar-refractivity contribution < 1.29 is 9.47 Å². The van der Waals surface area contributed by atoms with Crippen molar-refractivity contribution in [3.05, 3.63) is 78.0 Å². The van der Waals surface area contributed by atoms with Gasteiger partial charge in [-0.25, -0.2) is 4.98 Å². The van der Waals surface area contributed by atoms with Crippen LogP contribution in [0.1, 0.15) is 31.4 Å². The predicted molar refractivity (Wildman–Crippen MR) is 124 cm³/mol. The summed E-state index contributed by atoms with van der Waals surface area (Å²) in [7, 11) is 1.62. The van der Waals surface area contributed by atoms with Crippen LogP contribution < -0.4 is 10.1 Å². The van der Waals surface area contributed by atoms with Gasteiger partial charge in [0, 0.05) is 31.1 Å². The van der Waals surface area contributed by atoms with Crippen molar-refractivity contribution in [3.63, 3.8) is 0 Å². The first-order chi connectivity index (χ1) is 15.0. The standard InChI is InChI=1S/C26H29N3O2/c1-26(2,19-27)23-10-8-20(9-11-23)18-31-15-5-13-28-24-7-4-6-21(16-24)22-12-14-29-25(17-22)30-3/h4,6-12,14,16-17,28H,5,13,15,18H2,1-3H3. The van der Waals surface area contributed by atoms with Gasteiger partial charge in [-0.1, -0.05) is 36.4 Å². The molecule has 0 spiro atoms. The third kappa shape index (κ3) is 6.31. The summed E-state index contributed by atoms with van der Waals surface area (Å²) >= 11 is 0. The average molecular weight is 416 g/mol. The van der Waals surface area contributed by atoms with E-state index in [0.29, 0.717) is 19.1 Å². The fourth-order valence-electron chi connectivity index (χ4n) is 3.19. The van der Waals surface area contributed by atoms with Gasteiger partial charge in [-0.2, -0.15) is 5.26 Å². The molecule has 0 fully saturated rings. The number of pyridine rings is 1. The van der Waals surface area contributed by atoms with Crippen LogP contribution in [0.15, 0.2) is 66.9 Å². The molecule has 3 rings (SSSR count). The molecular weight excluding hydrogens is 386 g/mol. The van der Waals surface area contributed by atoms with Gasteiger partial charge in [0.2, 0.25) is 5.88 Å². The number of anilines is 1. The molecule has 5 nitrogen and oxygen atoms in total. The molecule has 0 saturated heterocycles. The number of methoxy groups -OCH3 is 1. The van der Waals surface area contributed by atoms with E-state index in [2.05, 4.69) is 34.6 Å². The number of nitriles is 1. The molecule has 0 aliphatic carbocycles. The number of benzene rings is 2. The zero-order valence-corrected chi connectivity index (χ0v) is 18.4. The highest BCUT2D eigenvalue weighted by Gasteiger charge is 2.18. The minimum Gasteiger partial charge on any atom is -0.481 e. The molecule has 0 amide bonds. The monoisotopic (exact) mass is 415 g/mol. The van der Waals surface area contributed by atoms with Crippen LogP contribution in [0.3, 0.4) is 0 Å². The molecule has 0 radical (unpaired) electrons. The molecule has 0 atom stereocenters. The minimum absolute atomic E-state index is 0.466. The van der Waals surface area contributed by atoms with Gasteiger partial charge in [-0.3, -0.25) is 0 Å². The van der Waals surface area contributed by atoms with Crippen molar-refractivity contribution in [2.75, 3.05) is 25.6 Å². The Morgan fingerprint density at radius 1 is 1.03 bits per heavy atom. The molecule has 1 N–H and O–H groups in total. The third-order valence-electron chi connectivity index (χ3n) is 5.16. The summed E-state index contributed by atoms with van der Waals surface area (Å²) in [6.07, 6.45) is 2.66. The maximum atomic E-state index is 9.23. The van der Waals surface area contributed by atoms with E-state index in [1.54, 1.807) is 13.3 Å². The van der Waals surface area contributed by atoms with E-state index in [1.807, 2.05) is 56.3 Å². The lowest BCUT2D eigenvalue weighted by molar-refractivity contribution is 0.120. The molecule has 5 heteroatoms. The van der Waals surface area contributed by atoms with Gasteiger partial charge in [0.1, 0.15) is 0 Å². The Morgan fingerprint density at radius 2 is 1.81 bits per heavy atom. The van der Waals surface area contributed by atoms with Gasteiger partial charge in [0.15, 0.2) is 0 Å². The van der Waals surface area contributed by atoms with Gasteiger partial charge >= 0.3 is 0 Å². The highest BCUT2D eigenvalue weighted by atomic mass is 16.5. The summed E-state index contributed by atoms with van der Waals surface area (Å²) in [5, 5.41) is 12.7. The lowest BCUT2D eigenvalue weighted by Gasteiger charge is -2.16. The topological polar surface area (TPSA) is 67.2 Å². The SMILES string of the molecule is COc1cc(-c2cccc(NCCCOCc3ccc(C(C)(C)C#N)cc3)c2)ccn1. The van der Waals surface area contributed by atoms with Crippen molar-refractivity contribution in [1.29, 1.82) is 5.26 Å². The Hall–Kier alpha value is -3.36. The van der Waals surface area contributed by atoms with Gasteiger partial charge in [-0.15, -0.1) is 0 Å². The molecule has 160 valence electrons. The summed E-state index contributed by atoms with van der Waals surface area (Å²) in [4.78, 5) is 4.16. The van der Waals surface area contributed by atoms with E-state index in [4.69, 9.17) is 9.47 Å². The first-order valence-electron chi connectivity index (χ1n) is 10.4. The predicted octanol–water partition coefficient (Wildman–Crippen LogP) is 5.58. The second-order valence-corrected chi connectivity index (χ2v) is 7.93. The second kappa shape index (κ2) is 10.6. The Balaban J connectivity index is 1.42. The van der Waals surface area contributed by atoms with Crippen LogP contribution in [0.4, 0.5) is 5.69 Å². The molecule has 1 heterocycles. The maximum Gasteiger partial charge on any atom is 0.213 e. The van der Waals surface area contributed by atoms with E-state index in [-0.39, 0.29) is 0 Å². The Bertz CT molecular complexity index is 1020. The molecule has 0 bridgehead atoms. The number of rotatable bonds is 10. The number of aromatic nitrogens is 1. The summed E-state index contributed by atoms with van der Waals surface area (Å²) in [5.41, 5.74) is 4.93. The van der Waals surface area contributed by atoms with Crippen molar-refractivity contribution >= 4 is 5.69 Å². The third-order valence-corrected chi connectivity index (χ3v) is 5.16. The van der Waals surface area contributed by atoms with Crippen LogP contribution in [-0.2, 0) is 16.8 Å². The summed E-state index contributed by atoms with van der Waals surface area (Å²) in [6.45, 7) is 5.94. The lowest BCUT2D eigenvalue weighted by Crippen LogP contribution is -2.13. The Kier molecular flexibility index (Phi) is 7.64. The van der Waals surface area contributed by atoms with E-state index in [0.717, 1.165) is 40.9 Å².